The van der Waals surface area contributed by atoms with Gasteiger partial charge >= 0.3 is 5.97 Å². The van der Waals surface area contributed by atoms with Crippen LogP contribution in [-0.2, 0) is 13.7 Å². The molecule has 1 heterocycles. The summed E-state index contributed by atoms with van der Waals surface area (Å²) in [5.41, 5.74) is -0.126. The van der Waals surface area contributed by atoms with E-state index in [2.05, 4.69) is 10.2 Å². The molecule has 0 amide bonds. The Hall–Kier alpha value is -2.44. The molecular formula is C11H10FN3O3. The van der Waals surface area contributed by atoms with E-state index >= 15 is 0 Å². The third-order valence-electron chi connectivity index (χ3n) is 2.34. The van der Waals surface area contributed by atoms with Crippen molar-refractivity contribution in [1.82, 2.24) is 14.8 Å². The van der Waals surface area contributed by atoms with Crippen LogP contribution in [0.25, 0.3) is 0 Å². The van der Waals surface area contributed by atoms with Crippen molar-refractivity contribution in [3.05, 3.63) is 41.7 Å². The van der Waals surface area contributed by atoms with Gasteiger partial charge in [0.1, 0.15) is 12.9 Å². The molecule has 1 N–H and O–H groups in total. The maximum Gasteiger partial charge on any atom is 0.335 e. The summed E-state index contributed by atoms with van der Waals surface area (Å²) < 4.78 is 20.4. The van der Waals surface area contributed by atoms with E-state index in [0.717, 1.165) is 6.07 Å². The van der Waals surface area contributed by atoms with Crippen molar-refractivity contribution in [1.29, 1.82) is 0 Å². The number of nitrogens with zero attached hydrogens (tertiary/aromatic N) is 3. The molecule has 0 aliphatic rings. The smallest absolute Gasteiger partial charge is 0.335 e. The maximum atomic E-state index is 13.5. The number of halogens is 1. The fourth-order valence-electron chi connectivity index (χ4n) is 1.33. The van der Waals surface area contributed by atoms with E-state index in [9.17, 15) is 9.18 Å². The Morgan fingerprint density at radius 3 is 2.89 bits per heavy atom. The molecule has 0 spiro atoms. The van der Waals surface area contributed by atoms with E-state index in [1.54, 1.807) is 11.6 Å². The number of rotatable bonds is 4. The Morgan fingerprint density at radius 2 is 2.33 bits per heavy atom. The van der Waals surface area contributed by atoms with Gasteiger partial charge in [0.2, 0.25) is 0 Å². The Morgan fingerprint density at radius 1 is 1.56 bits per heavy atom. The first-order valence-electron chi connectivity index (χ1n) is 5.06. The van der Waals surface area contributed by atoms with E-state index in [1.165, 1.54) is 18.5 Å². The van der Waals surface area contributed by atoms with Crippen LogP contribution < -0.4 is 4.74 Å². The second kappa shape index (κ2) is 4.82. The highest BCUT2D eigenvalue weighted by atomic mass is 19.1. The highest BCUT2D eigenvalue weighted by Gasteiger charge is 2.10. The molecule has 0 radical (unpaired) electrons. The first-order chi connectivity index (χ1) is 8.58. The van der Waals surface area contributed by atoms with Gasteiger partial charge in [-0.2, -0.15) is 0 Å². The lowest BCUT2D eigenvalue weighted by Gasteiger charge is -2.07. The van der Waals surface area contributed by atoms with Gasteiger partial charge in [-0.3, -0.25) is 0 Å². The number of carboxylic acids is 1. The second-order valence-corrected chi connectivity index (χ2v) is 3.60. The zero-order valence-electron chi connectivity index (χ0n) is 9.50. The molecule has 7 heteroatoms. The van der Waals surface area contributed by atoms with Gasteiger partial charge in [0, 0.05) is 7.05 Å². The number of aryl methyl sites for hydroxylation is 1. The van der Waals surface area contributed by atoms with E-state index < -0.39 is 11.8 Å². The minimum Gasteiger partial charge on any atom is -0.483 e. The van der Waals surface area contributed by atoms with Crippen LogP contribution in [-0.4, -0.2) is 25.8 Å². The SMILES string of the molecule is Cn1cnnc1COc1ccc(C(=O)O)cc1F. The van der Waals surface area contributed by atoms with Crippen molar-refractivity contribution >= 4 is 5.97 Å². The maximum absolute atomic E-state index is 13.5. The van der Waals surface area contributed by atoms with Gasteiger partial charge in [-0.15, -0.1) is 10.2 Å². The number of ether oxygens (including phenoxy) is 1. The molecule has 18 heavy (non-hydrogen) atoms. The van der Waals surface area contributed by atoms with Crippen molar-refractivity contribution in [2.24, 2.45) is 7.05 Å². The molecule has 94 valence electrons. The fraction of sp³-hybridized carbons (Fsp3) is 0.182. The molecule has 0 unspecified atom stereocenters. The summed E-state index contributed by atoms with van der Waals surface area (Å²) >= 11 is 0. The van der Waals surface area contributed by atoms with Crippen LogP contribution in [0.2, 0.25) is 0 Å². The highest BCUT2D eigenvalue weighted by Crippen LogP contribution is 2.19. The van der Waals surface area contributed by atoms with Crippen molar-refractivity contribution in [2.75, 3.05) is 0 Å². The summed E-state index contributed by atoms with van der Waals surface area (Å²) in [5.74, 6) is -1.40. The zero-order chi connectivity index (χ0) is 13.1. The van der Waals surface area contributed by atoms with Gasteiger partial charge < -0.3 is 14.4 Å². The van der Waals surface area contributed by atoms with Crippen LogP contribution >= 0.6 is 0 Å². The lowest BCUT2D eigenvalue weighted by Crippen LogP contribution is -2.05. The molecule has 0 aliphatic carbocycles. The van der Waals surface area contributed by atoms with Gasteiger partial charge in [-0.05, 0) is 18.2 Å². The molecule has 0 atom stereocenters. The average Bonchev–Trinajstić information content (AvgIpc) is 2.73. The predicted molar refractivity (Wildman–Crippen MR) is 58.7 cm³/mol. The Bertz CT molecular complexity index is 583. The second-order valence-electron chi connectivity index (χ2n) is 3.60. The lowest BCUT2D eigenvalue weighted by molar-refractivity contribution is 0.0696. The van der Waals surface area contributed by atoms with E-state index in [-0.39, 0.29) is 17.9 Å². The van der Waals surface area contributed by atoms with Gasteiger partial charge in [0.25, 0.3) is 0 Å². The number of carbonyl (C=O) groups is 1. The normalized spacial score (nSPS) is 10.3. The first-order valence-corrected chi connectivity index (χ1v) is 5.06. The van der Waals surface area contributed by atoms with E-state index in [0.29, 0.717) is 5.82 Å². The molecule has 0 saturated carbocycles. The van der Waals surface area contributed by atoms with E-state index in [1.807, 2.05) is 0 Å². The minimum absolute atomic E-state index is 0.0250. The number of carboxylic acid groups (broad SMARTS) is 1. The summed E-state index contributed by atoms with van der Waals surface area (Å²) in [5, 5.41) is 16.1. The number of aromatic nitrogens is 3. The summed E-state index contributed by atoms with van der Waals surface area (Å²) in [7, 11) is 1.74. The number of benzene rings is 1. The molecule has 2 rings (SSSR count). The number of aromatic carboxylic acids is 1. The lowest BCUT2D eigenvalue weighted by atomic mass is 10.2. The molecular weight excluding hydrogens is 241 g/mol. The molecule has 0 saturated heterocycles. The van der Waals surface area contributed by atoms with Crippen LogP contribution in [0, 0.1) is 5.82 Å². The van der Waals surface area contributed by atoms with Crippen molar-refractivity contribution in [3.8, 4) is 5.75 Å². The van der Waals surface area contributed by atoms with Gasteiger partial charge in [-0.25, -0.2) is 9.18 Å². The van der Waals surface area contributed by atoms with Crippen LogP contribution in [0.5, 0.6) is 5.75 Å². The molecule has 0 bridgehead atoms. The third-order valence-corrected chi connectivity index (χ3v) is 2.34. The van der Waals surface area contributed by atoms with Crippen molar-refractivity contribution in [2.45, 2.75) is 6.61 Å². The topological polar surface area (TPSA) is 77.2 Å². The van der Waals surface area contributed by atoms with Crippen LogP contribution in [0.1, 0.15) is 16.2 Å². The first kappa shape index (κ1) is 12.0. The molecule has 6 nitrogen and oxygen atoms in total. The molecule has 0 aliphatic heterocycles. The van der Waals surface area contributed by atoms with Crippen molar-refractivity contribution < 1.29 is 19.0 Å². The summed E-state index contributed by atoms with van der Waals surface area (Å²) in [6.45, 7) is 0.0554. The van der Waals surface area contributed by atoms with Crippen molar-refractivity contribution in [3.63, 3.8) is 0 Å². The van der Waals surface area contributed by atoms with Gasteiger partial charge in [0.05, 0.1) is 5.56 Å². The molecule has 1 aromatic heterocycles. The quantitative estimate of drug-likeness (QED) is 0.884. The van der Waals surface area contributed by atoms with E-state index in [4.69, 9.17) is 9.84 Å². The highest BCUT2D eigenvalue weighted by molar-refractivity contribution is 5.87. The fourth-order valence-corrected chi connectivity index (χ4v) is 1.33. The molecule has 0 fully saturated rings. The van der Waals surface area contributed by atoms with Gasteiger partial charge in [0.15, 0.2) is 17.4 Å². The van der Waals surface area contributed by atoms with Crippen LogP contribution in [0.15, 0.2) is 24.5 Å². The van der Waals surface area contributed by atoms with Gasteiger partial charge in [-0.1, -0.05) is 0 Å². The summed E-state index contributed by atoms with van der Waals surface area (Å²) in [6, 6.07) is 3.46. The Kier molecular flexibility index (Phi) is 3.22. The van der Waals surface area contributed by atoms with Crippen LogP contribution in [0.4, 0.5) is 4.39 Å². The summed E-state index contributed by atoms with van der Waals surface area (Å²) in [6.07, 6.45) is 1.50. The predicted octanol–water partition coefficient (Wildman–Crippen LogP) is 1.23. The average molecular weight is 251 g/mol. The Labute approximate surface area is 102 Å². The number of hydrogen-bond acceptors (Lipinski definition) is 4. The molecule has 1 aromatic carbocycles. The summed E-state index contributed by atoms with van der Waals surface area (Å²) in [4.78, 5) is 10.6. The molecule has 2 aromatic rings. The van der Waals surface area contributed by atoms with Crippen LogP contribution in [0.3, 0.4) is 0 Å². The number of hydrogen-bond donors (Lipinski definition) is 1. The standard InChI is InChI=1S/C11H10FN3O3/c1-15-6-13-14-10(15)5-18-9-3-2-7(11(16)17)4-8(9)12/h2-4,6H,5H2,1H3,(H,16,17). The Balaban J connectivity index is 2.11. The largest absolute Gasteiger partial charge is 0.483 e. The zero-order valence-corrected chi connectivity index (χ0v) is 9.50. The third kappa shape index (κ3) is 2.45. The monoisotopic (exact) mass is 251 g/mol. The minimum atomic E-state index is -1.19.